The van der Waals surface area contributed by atoms with Gasteiger partial charge in [0.1, 0.15) is 17.5 Å². The summed E-state index contributed by atoms with van der Waals surface area (Å²) in [5.74, 6) is -5.37. The minimum Gasteiger partial charge on any atom is -0.465 e. The predicted octanol–water partition coefficient (Wildman–Crippen LogP) is 8.06. The second kappa shape index (κ2) is 28.5. The van der Waals surface area contributed by atoms with Crippen molar-refractivity contribution in [2.24, 2.45) is 17.6 Å². The number of amides is 4. The maximum absolute atomic E-state index is 15.4. The molecule has 2 saturated heterocycles. The average molecular weight is 1090 g/mol. The maximum atomic E-state index is 15.4. The van der Waals surface area contributed by atoms with E-state index < -0.39 is 64.8 Å². The molecule has 5 atom stereocenters. The number of carboxylic acid groups (broad SMARTS) is 1. The van der Waals surface area contributed by atoms with Gasteiger partial charge in [0.2, 0.25) is 11.8 Å². The van der Waals surface area contributed by atoms with Crippen LogP contribution in [-0.2, 0) is 32.0 Å². The minimum absolute atomic E-state index is 0.0208. The first-order chi connectivity index (χ1) is 36.6. The molecule has 4 aromatic rings. The quantitative estimate of drug-likeness (QED) is 0.0280. The van der Waals surface area contributed by atoms with Gasteiger partial charge in [-0.1, -0.05) is 67.1 Å². The number of aliphatic hydroxyl groups is 3. The summed E-state index contributed by atoms with van der Waals surface area (Å²) in [4.78, 5) is 51.3. The van der Waals surface area contributed by atoms with Gasteiger partial charge in [0.25, 0.3) is 0 Å². The molecule has 20 heteroatoms. The van der Waals surface area contributed by atoms with Crippen LogP contribution < -0.4 is 21.7 Å². The minimum atomic E-state index is -5.05. The van der Waals surface area contributed by atoms with Crippen LogP contribution in [0.4, 0.5) is 31.1 Å². The first-order valence-electron chi connectivity index (χ1n) is 26.4. The molecule has 5 unspecified atom stereocenters. The summed E-state index contributed by atoms with van der Waals surface area (Å²) in [6, 6.07) is 20.5. The van der Waals surface area contributed by atoms with Gasteiger partial charge in [-0.3, -0.25) is 14.4 Å². The van der Waals surface area contributed by atoms with Crippen LogP contribution in [0.2, 0.25) is 0 Å². The molecule has 6 rings (SSSR count). The molecule has 0 saturated carbocycles. The molecular formula is C57H74F6N6O8. The van der Waals surface area contributed by atoms with Crippen LogP contribution in [0.1, 0.15) is 99.8 Å². The fourth-order valence-corrected chi connectivity index (χ4v) is 10.6. The maximum Gasteiger partial charge on any atom is 0.471 e. The second-order valence-electron chi connectivity index (χ2n) is 20.1. The molecule has 0 bridgehead atoms. The SMILES string of the molecule is CCc1cccc(-c2c(F)cccc2C(O)(CCCNC(=O)O)C2CCCN(C(=O)CC(O)CN)C2)c1.CNCCCC(=O)N1CCCC(C(O)(CCCNC(=O)C(F)(F)F)c2cccc(F)c2-c2cc(C)ccc2F)C1. The zero-order chi connectivity index (χ0) is 56.5. The van der Waals surface area contributed by atoms with Crippen LogP contribution in [0.5, 0.6) is 0 Å². The Hall–Kier alpha value is -6.06. The molecule has 422 valence electrons. The number of rotatable bonds is 22. The standard InChI is InChI=1S/C29H36F5N3O3.C28H38FN3O5/c1-19-11-12-23(30)21(17-19)26-22(8-3-9-24(26)31)28(40,13-6-15-36-27(39)29(32,33)34)20-7-5-16-37(18-20)25(38)10-4-14-35-2;1-2-19-7-3-8-20(15-19)26-23(10-4-11-24(26)29)28(37,12-6-13-31-27(35)36)21-9-5-14-32(18-21)25(34)16-22(33)17-30/h3,8-9,11-12,17,20,35,40H,4-7,10,13-16,18H2,1-2H3,(H,36,39);3-4,7-8,10-11,15,21-22,31,33,37H,2,5-6,9,12-14,16-18,30H2,1H3,(H,35,36). The van der Waals surface area contributed by atoms with E-state index in [9.17, 15) is 47.7 Å². The molecule has 2 aliphatic rings. The number of carbonyl (C=O) groups excluding carboxylic acids is 3. The number of nitrogens with two attached hydrogens (primary N) is 1. The third-order valence-electron chi connectivity index (χ3n) is 14.7. The van der Waals surface area contributed by atoms with Gasteiger partial charge in [-0.15, -0.1) is 0 Å². The number of alkyl halides is 3. The van der Waals surface area contributed by atoms with Crippen molar-refractivity contribution in [1.29, 1.82) is 0 Å². The van der Waals surface area contributed by atoms with E-state index in [1.54, 1.807) is 41.2 Å². The molecule has 0 radical (unpaired) electrons. The van der Waals surface area contributed by atoms with E-state index in [2.05, 4.69) is 10.6 Å². The molecule has 0 spiro atoms. The molecule has 2 fully saturated rings. The third-order valence-corrected chi connectivity index (χ3v) is 14.7. The lowest BCUT2D eigenvalue weighted by Crippen LogP contribution is -2.49. The lowest BCUT2D eigenvalue weighted by atomic mass is 9.72. The van der Waals surface area contributed by atoms with Crippen molar-refractivity contribution in [3.63, 3.8) is 0 Å². The summed E-state index contributed by atoms with van der Waals surface area (Å²) in [5, 5.41) is 50.6. The van der Waals surface area contributed by atoms with Gasteiger partial charge in [0.05, 0.1) is 23.7 Å². The van der Waals surface area contributed by atoms with E-state index >= 15 is 13.2 Å². The highest BCUT2D eigenvalue weighted by atomic mass is 19.4. The Bertz CT molecular complexity index is 2630. The van der Waals surface area contributed by atoms with Crippen molar-refractivity contribution < 1.29 is 65.9 Å². The number of likely N-dealkylation sites (tertiary alicyclic amines) is 2. The van der Waals surface area contributed by atoms with Crippen LogP contribution in [0, 0.1) is 36.2 Å². The number of halogens is 6. The molecule has 14 nitrogen and oxygen atoms in total. The van der Waals surface area contributed by atoms with Crippen LogP contribution in [0.25, 0.3) is 22.3 Å². The van der Waals surface area contributed by atoms with Crippen LogP contribution in [-0.4, -0.2) is 126 Å². The molecular weight excluding hydrogens is 1010 g/mol. The van der Waals surface area contributed by atoms with Crippen LogP contribution in [0.3, 0.4) is 0 Å². The first kappa shape index (κ1) is 61.8. The van der Waals surface area contributed by atoms with E-state index in [0.29, 0.717) is 86.8 Å². The summed E-state index contributed by atoms with van der Waals surface area (Å²) in [5.41, 5.74) is 5.13. The van der Waals surface area contributed by atoms with Crippen LogP contribution >= 0.6 is 0 Å². The van der Waals surface area contributed by atoms with Crippen molar-refractivity contribution >= 4 is 23.8 Å². The van der Waals surface area contributed by atoms with E-state index in [-0.39, 0.29) is 86.9 Å². The normalized spacial score (nSPS) is 17.8. The molecule has 2 aliphatic heterocycles. The van der Waals surface area contributed by atoms with Gasteiger partial charge >= 0.3 is 18.2 Å². The summed E-state index contributed by atoms with van der Waals surface area (Å²) in [6.07, 6.45) is -3.00. The Morgan fingerprint density at radius 3 is 1.84 bits per heavy atom. The molecule has 77 heavy (non-hydrogen) atoms. The zero-order valence-electron chi connectivity index (χ0n) is 44.0. The highest BCUT2D eigenvalue weighted by molar-refractivity contribution is 5.81. The predicted molar refractivity (Wildman–Crippen MR) is 281 cm³/mol. The Kier molecular flexibility index (Phi) is 22.9. The van der Waals surface area contributed by atoms with E-state index in [4.69, 9.17) is 10.8 Å². The Labute approximate surface area is 446 Å². The molecule has 2 heterocycles. The van der Waals surface area contributed by atoms with E-state index in [1.807, 2.05) is 31.2 Å². The van der Waals surface area contributed by atoms with Gasteiger partial charge in [-0.2, -0.15) is 13.2 Å². The number of hydrogen-bond acceptors (Lipinski definition) is 9. The number of nitrogens with one attached hydrogen (secondary N) is 3. The van der Waals surface area contributed by atoms with E-state index in [0.717, 1.165) is 18.1 Å². The molecule has 4 aromatic carbocycles. The molecule has 4 amide bonds. The van der Waals surface area contributed by atoms with Gasteiger partial charge in [-0.25, -0.2) is 18.0 Å². The Morgan fingerprint density at radius 1 is 0.727 bits per heavy atom. The van der Waals surface area contributed by atoms with Crippen molar-refractivity contribution in [3.05, 3.63) is 119 Å². The van der Waals surface area contributed by atoms with Gasteiger partial charge in [0, 0.05) is 80.8 Å². The molecule has 0 aromatic heterocycles. The summed E-state index contributed by atoms with van der Waals surface area (Å²) < 4.78 is 83.9. The van der Waals surface area contributed by atoms with Gasteiger partial charge in [0.15, 0.2) is 0 Å². The van der Waals surface area contributed by atoms with Crippen LogP contribution in [0.15, 0.2) is 78.9 Å². The topological polar surface area (TPSA) is 218 Å². The summed E-state index contributed by atoms with van der Waals surface area (Å²) in [6.45, 7) is 5.49. The number of nitrogens with zero attached hydrogens (tertiary/aromatic N) is 2. The van der Waals surface area contributed by atoms with Crippen molar-refractivity contribution in [2.75, 3.05) is 59.4 Å². The largest absolute Gasteiger partial charge is 0.471 e. The second-order valence-corrected chi connectivity index (χ2v) is 20.1. The highest BCUT2D eigenvalue weighted by Crippen LogP contribution is 2.46. The lowest BCUT2D eigenvalue weighted by Gasteiger charge is -2.44. The first-order valence-corrected chi connectivity index (χ1v) is 26.4. The van der Waals surface area contributed by atoms with E-state index in [1.165, 1.54) is 36.4 Å². The zero-order valence-corrected chi connectivity index (χ0v) is 44.0. The van der Waals surface area contributed by atoms with Crippen molar-refractivity contribution in [3.8, 4) is 22.3 Å². The van der Waals surface area contributed by atoms with Gasteiger partial charge in [-0.05, 0) is 131 Å². The fraction of sp³-hybridized carbons (Fsp3) is 0.509. The smallest absolute Gasteiger partial charge is 0.465 e. The average Bonchev–Trinajstić information content (AvgIpc) is 3.44. The number of aliphatic hydroxyl groups excluding tert-OH is 1. The Morgan fingerprint density at radius 2 is 1.29 bits per heavy atom. The number of piperidine rings is 2. The number of hydrogen-bond donors (Lipinski definition) is 8. The third kappa shape index (κ3) is 16.5. The summed E-state index contributed by atoms with van der Waals surface area (Å²) in [7, 11) is 1.78. The Balaban J connectivity index is 0.000000285. The van der Waals surface area contributed by atoms with Gasteiger partial charge < -0.3 is 51.9 Å². The number of carbonyl (C=O) groups is 4. The highest BCUT2D eigenvalue weighted by Gasteiger charge is 2.45. The lowest BCUT2D eigenvalue weighted by molar-refractivity contribution is -0.173. The molecule has 9 N–H and O–H groups in total. The number of aryl methyl sites for hydroxylation is 2. The van der Waals surface area contributed by atoms with Crippen molar-refractivity contribution in [1.82, 2.24) is 25.8 Å². The van der Waals surface area contributed by atoms with Crippen molar-refractivity contribution in [2.45, 2.75) is 114 Å². The molecule has 0 aliphatic carbocycles. The number of benzene rings is 4. The summed E-state index contributed by atoms with van der Waals surface area (Å²) >= 11 is 0. The fourth-order valence-electron chi connectivity index (χ4n) is 10.6. The monoisotopic (exact) mass is 1080 g/mol.